The van der Waals surface area contributed by atoms with Crippen molar-refractivity contribution in [3.63, 3.8) is 0 Å². The fourth-order valence-electron chi connectivity index (χ4n) is 1.71. The molecule has 0 spiro atoms. The standard InChI is InChI=1S/C16H8Cl3FN2O/c17-12-2-1-3-13(18)11(12)6-9(8-21)16(23)22-10-4-5-15(20)14(19)7-10/h1-7H,(H,22,23). The Morgan fingerprint density at radius 2 is 1.78 bits per heavy atom. The van der Waals surface area contributed by atoms with Gasteiger partial charge in [0, 0.05) is 21.3 Å². The zero-order chi connectivity index (χ0) is 17.0. The summed E-state index contributed by atoms with van der Waals surface area (Å²) in [7, 11) is 0. The van der Waals surface area contributed by atoms with E-state index in [0.717, 1.165) is 6.07 Å². The minimum absolute atomic E-state index is 0.139. The fourth-order valence-corrected chi connectivity index (χ4v) is 2.40. The van der Waals surface area contributed by atoms with Crippen LogP contribution in [0.2, 0.25) is 15.1 Å². The monoisotopic (exact) mass is 368 g/mol. The highest BCUT2D eigenvalue weighted by Crippen LogP contribution is 2.27. The van der Waals surface area contributed by atoms with Crippen LogP contribution < -0.4 is 5.32 Å². The molecule has 0 fully saturated rings. The van der Waals surface area contributed by atoms with Crippen molar-refractivity contribution in [3.05, 3.63) is 68.4 Å². The number of rotatable bonds is 3. The molecule has 2 aromatic rings. The van der Waals surface area contributed by atoms with E-state index in [0.29, 0.717) is 15.6 Å². The number of benzene rings is 2. The highest BCUT2D eigenvalue weighted by Gasteiger charge is 2.13. The second-order valence-corrected chi connectivity index (χ2v) is 5.61. The Hall–Kier alpha value is -2.06. The van der Waals surface area contributed by atoms with E-state index >= 15 is 0 Å². The van der Waals surface area contributed by atoms with Gasteiger partial charge in [-0.15, -0.1) is 0 Å². The minimum atomic E-state index is -0.689. The van der Waals surface area contributed by atoms with E-state index in [1.165, 1.54) is 18.2 Å². The van der Waals surface area contributed by atoms with E-state index in [1.807, 2.05) is 0 Å². The SMILES string of the molecule is N#CC(=Cc1c(Cl)cccc1Cl)C(=O)Nc1ccc(F)c(Cl)c1. The first-order valence-electron chi connectivity index (χ1n) is 6.24. The molecule has 0 unspecified atom stereocenters. The van der Waals surface area contributed by atoms with Crippen molar-refractivity contribution in [2.75, 3.05) is 5.32 Å². The maximum atomic E-state index is 13.1. The van der Waals surface area contributed by atoms with E-state index in [1.54, 1.807) is 24.3 Å². The first kappa shape index (κ1) is 17.3. The lowest BCUT2D eigenvalue weighted by Gasteiger charge is -2.06. The van der Waals surface area contributed by atoms with Crippen molar-refractivity contribution < 1.29 is 9.18 Å². The van der Waals surface area contributed by atoms with Crippen LogP contribution in [0.4, 0.5) is 10.1 Å². The van der Waals surface area contributed by atoms with Gasteiger partial charge in [0.05, 0.1) is 5.02 Å². The Balaban J connectivity index is 2.30. The third kappa shape index (κ3) is 4.23. The average Bonchev–Trinajstić information content (AvgIpc) is 2.50. The van der Waals surface area contributed by atoms with Crippen LogP contribution in [0.1, 0.15) is 5.56 Å². The van der Waals surface area contributed by atoms with Crippen molar-refractivity contribution in [1.82, 2.24) is 0 Å². The van der Waals surface area contributed by atoms with E-state index in [9.17, 15) is 9.18 Å². The number of nitrogens with one attached hydrogen (secondary N) is 1. The summed E-state index contributed by atoms with van der Waals surface area (Å²) in [5, 5.41) is 12.1. The molecule has 116 valence electrons. The van der Waals surface area contributed by atoms with Crippen LogP contribution >= 0.6 is 34.8 Å². The Kier molecular flexibility index (Phi) is 5.62. The first-order chi connectivity index (χ1) is 10.9. The second kappa shape index (κ2) is 7.47. The Morgan fingerprint density at radius 1 is 1.13 bits per heavy atom. The quantitative estimate of drug-likeness (QED) is 0.587. The molecule has 0 bridgehead atoms. The lowest BCUT2D eigenvalue weighted by atomic mass is 10.1. The zero-order valence-corrected chi connectivity index (χ0v) is 13.7. The van der Waals surface area contributed by atoms with Gasteiger partial charge in [0.1, 0.15) is 17.5 Å². The third-order valence-electron chi connectivity index (χ3n) is 2.83. The highest BCUT2D eigenvalue weighted by molar-refractivity contribution is 6.37. The van der Waals surface area contributed by atoms with Crippen LogP contribution in [0.15, 0.2) is 42.0 Å². The molecule has 7 heteroatoms. The number of amides is 1. The molecule has 2 rings (SSSR count). The third-order valence-corrected chi connectivity index (χ3v) is 3.78. The molecular formula is C16H8Cl3FN2O. The van der Waals surface area contributed by atoms with Crippen molar-refractivity contribution >= 4 is 52.5 Å². The largest absolute Gasteiger partial charge is 0.321 e. The number of halogens is 4. The summed E-state index contributed by atoms with van der Waals surface area (Å²) in [6.07, 6.45) is 1.28. The Bertz CT molecular complexity index is 823. The Labute approximate surface area is 146 Å². The molecule has 0 aliphatic rings. The molecule has 3 nitrogen and oxygen atoms in total. The van der Waals surface area contributed by atoms with E-state index < -0.39 is 11.7 Å². The lowest BCUT2D eigenvalue weighted by molar-refractivity contribution is -0.112. The predicted molar refractivity (Wildman–Crippen MR) is 90.1 cm³/mol. The van der Waals surface area contributed by atoms with Gasteiger partial charge in [0.25, 0.3) is 5.91 Å². The molecule has 0 saturated heterocycles. The number of hydrogen-bond donors (Lipinski definition) is 1. The molecule has 2 aromatic carbocycles. The number of carbonyl (C=O) groups excluding carboxylic acids is 1. The maximum absolute atomic E-state index is 13.1. The number of hydrogen-bond acceptors (Lipinski definition) is 2. The van der Waals surface area contributed by atoms with Crippen LogP contribution in [0, 0.1) is 17.1 Å². The van der Waals surface area contributed by atoms with Gasteiger partial charge in [0.15, 0.2) is 0 Å². The van der Waals surface area contributed by atoms with Gasteiger partial charge in [-0.3, -0.25) is 4.79 Å². The summed E-state index contributed by atoms with van der Waals surface area (Å²) in [5.41, 5.74) is 0.410. The molecule has 0 aliphatic carbocycles. The van der Waals surface area contributed by atoms with Gasteiger partial charge in [-0.2, -0.15) is 5.26 Å². The van der Waals surface area contributed by atoms with Crippen LogP contribution in [0.3, 0.4) is 0 Å². The molecule has 0 saturated carbocycles. The van der Waals surface area contributed by atoms with E-state index in [2.05, 4.69) is 5.32 Å². The minimum Gasteiger partial charge on any atom is -0.321 e. The van der Waals surface area contributed by atoms with Gasteiger partial charge < -0.3 is 5.32 Å². The fraction of sp³-hybridized carbons (Fsp3) is 0. The second-order valence-electron chi connectivity index (χ2n) is 4.39. The summed E-state index contributed by atoms with van der Waals surface area (Å²) in [4.78, 5) is 12.1. The van der Waals surface area contributed by atoms with Gasteiger partial charge in [0.2, 0.25) is 0 Å². The van der Waals surface area contributed by atoms with Gasteiger partial charge in [-0.25, -0.2) is 4.39 Å². The summed E-state index contributed by atoms with van der Waals surface area (Å²) in [6.45, 7) is 0. The van der Waals surface area contributed by atoms with Crippen LogP contribution in [-0.4, -0.2) is 5.91 Å². The van der Waals surface area contributed by atoms with Gasteiger partial charge in [-0.1, -0.05) is 40.9 Å². The number of nitriles is 1. The topological polar surface area (TPSA) is 52.9 Å². The number of anilines is 1. The molecule has 0 radical (unpaired) electrons. The summed E-state index contributed by atoms with van der Waals surface area (Å²) in [5.74, 6) is -1.30. The summed E-state index contributed by atoms with van der Waals surface area (Å²) >= 11 is 17.7. The molecule has 1 N–H and O–H groups in total. The average molecular weight is 370 g/mol. The number of carbonyl (C=O) groups is 1. The highest BCUT2D eigenvalue weighted by atomic mass is 35.5. The van der Waals surface area contributed by atoms with Crippen molar-refractivity contribution in [2.45, 2.75) is 0 Å². The molecule has 0 heterocycles. The molecule has 1 amide bonds. The summed E-state index contributed by atoms with van der Waals surface area (Å²) in [6, 6.07) is 10.3. The van der Waals surface area contributed by atoms with Gasteiger partial charge >= 0.3 is 0 Å². The smallest absolute Gasteiger partial charge is 0.266 e. The van der Waals surface area contributed by atoms with Gasteiger partial charge in [-0.05, 0) is 36.4 Å². The normalized spacial score (nSPS) is 11.0. The molecule has 0 aromatic heterocycles. The van der Waals surface area contributed by atoms with Crippen LogP contribution in [0.5, 0.6) is 0 Å². The maximum Gasteiger partial charge on any atom is 0.266 e. The zero-order valence-electron chi connectivity index (χ0n) is 11.4. The number of nitrogens with zero attached hydrogens (tertiary/aromatic N) is 1. The molecule has 0 atom stereocenters. The van der Waals surface area contributed by atoms with Crippen LogP contribution in [-0.2, 0) is 4.79 Å². The predicted octanol–water partition coefficient (Wildman–Crippen LogP) is 5.33. The molecule has 0 aliphatic heterocycles. The first-order valence-corrected chi connectivity index (χ1v) is 7.38. The molecular weight excluding hydrogens is 362 g/mol. The molecule has 23 heavy (non-hydrogen) atoms. The van der Waals surface area contributed by atoms with Crippen molar-refractivity contribution in [3.8, 4) is 6.07 Å². The van der Waals surface area contributed by atoms with E-state index in [4.69, 9.17) is 40.1 Å². The van der Waals surface area contributed by atoms with E-state index in [-0.39, 0.29) is 16.3 Å². The van der Waals surface area contributed by atoms with Crippen molar-refractivity contribution in [2.24, 2.45) is 0 Å². The van der Waals surface area contributed by atoms with Crippen LogP contribution in [0.25, 0.3) is 6.08 Å². The van der Waals surface area contributed by atoms with Crippen molar-refractivity contribution in [1.29, 1.82) is 5.26 Å². The Morgan fingerprint density at radius 3 is 2.35 bits per heavy atom. The lowest BCUT2D eigenvalue weighted by Crippen LogP contribution is -2.13. The summed E-state index contributed by atoms with van der Waals surface area (Å²) < 4.78 is 13.1.